The van der Waals surface area contributed by atoms with Gasteiger partial charge in [-0.1, -0.05) is 6.07 Å². The number of aryl methyl sites for hydroxylation is 2. The fourth-order valence-corrected chi connectivity index (χ4v) is 2.53. The summed E-state index contributed by atoms with van der Waals surface area (Å²) in [6, 6.07) is 7.60. The zero-order chi connectivity index (χ0) is 15.7. The van der Waals surface area contributed by atoms with Crippen LogP contribution < -0.4 is 10.1 Å². The second kappa shape index (κ2) is 5.55. The second-order valence-electron chi connectivity index (χ2n) is 5.02. The lowest BCUT2D eigenvalue weighted by Gasteiger charge is -2.04. The van der Waals surface area contributed by atoms with Gasteiger partial charge in [-0.3, -0.25) is 9.48 Å². The van der Waals surface area contributed by atoms with Crippen LogP contribution in [0.1, 0.15) is 17.4 Å². The van der Waals surface area contributed by atoms with E-state index in [1.54, 1.807) is 24.2 Å². The number of aromatic nitrogens is 3. The molecule has 114 valence electrons. The molecule has 0 unspecified atom stereocenters. The van der Waals surface area contributed by atoms with Crippen molar-refractivity contribution in [1.29, 1.82) is 0 Å². The van der Waals surface area contributed by atoms with Crippen molar-refractivity contribution in [1.82, 2.24) is 14.3 Å². The van der Waals surface area contributed by atoms with Gasteiger partial charge in [-0.15, -0.1) is 0 Å². The average Bonchev–Trinajstić information content (AvgIpc) is 3.12. The number of anilines is 1. The molecule has 3 aromatic rings. The third kappa shape index (κ3) is 2.32. The lowest BCUT2D eigenvalue weighted by molar-refractivity contribution is 0.102. The molecule has 2 heterocycles. The molecule has 22 heavy (non-hydrogen) atoms. The van der Waals surface area contributed by atoms with Crippen molar-refractivity contribution < 1.29 is 9.53 Å². The number of carbonyl (C=O) groups excluding carboxylic acids is 1. The Labute approximate surface area is 128 Å². The number of nitrogens with zero attached hydrogens (tertiary/aromatic N) is 3. The molecular weight excluding hydrogens is 280 g/mol. The highest BCUT2D eigenvalue weighted by molar-refractivity contribution is 6.07. The van der Waals surface area contributed by atoms with Gasteiger partial charge in [0.05, 0.1) is 24.5 Å². The predicted molar refractivity (Wildman–Crippen MR) is 85.3 cm³/mol. The Kier molecular flexibility index (Phi) is 3.58. The summed E-state index contributed by atoms with van der Waals surface area (Å²) in [5.41, 5.74) is 2.21. The SMILES string of the molecule is CCn1cc(NC(=O)c2cc3c(OC)cccc3n2C)cn1. The fraction of sp³-hybridized carbons (Fsp3) is 0.250. The van der Waals surface area contributed by atoms with E-state index < -0.39 is 0 Å². The number of rotatable bonds is 4. The number of benzene rings is 1. The molecule has 1 amide bonds. The van der Waals surface area contributed by atoms with Crippen molar-refractivity contribution in [2.24, 2.45) is 7.05 Å². The first-order valence-corrected chi connectivity index (χ1v) is 7.10. The quantitative estimate of drug-likeness (QED) is 0.805. The minimum Gasteiger partial charge on any atom is -0.496 e. The highest BCUT2D eigenvalue weighted by Crippen LogP contribution is 2.28. The molecule has 0 atom stereocenters. The summed E-state index contributed by atoms with van der Waals surface area (Å²) in [5.74, 6) is 0.586. The molecule has 0 aliphatic heterocycles. The van der Waals surface area contributed by atoms with Crippen molar-refractivity contribution in [3.05, 3.63) is 42.4 Å². The molecule has 0 saturated carbocycles. The van der Waals surface area contributed by atoms with E-state index in [9.17, 15) is 4.79 Å². The Bertz CT molecular complexity index is 832. The molecule has 0 fully saturated rings. The molecule has 0 spiro atoms. The Hall–Kier alpha value is -2.76. The lowest BCUT2D eigenvalue weighted by atomic mass is 10.2. The van der Waals surface area contributed by atoms with Crippen molar-refractivity contribution in [2.75, 3.05) is 12.4 Å². The number of methoxy groups -OCH3 is 1. The van der Waals surface area contributed by atoms with Crippen molar-refractivity contribution in [3.63, 3.8) is 0 Å². The predicted octanol–water partition coefficient (Wildman–Crippen LogP) is 2.66. The maximum Gasteiger partial charge on any atom is 0.272 e. The molecule has 0 aliphatic rings. The van der Waals surface area contributed by atoms with Gasteiger partial charge in [0.1, 0.15) is 11.4 Å². The Morgan fingerprint density at radius 3 is 2.91 bits per heavy atom. The summed E-state index contributed by atoms with van der Waals surface area (Å²) in [6.07, 6.45) is 3.45. The third-order valence-electron chi connectivity index (χ3n) is 3.71. The first kappa shape index (κ1) is 14.2. The number of fused-ring (bicyclic) bond motifs is 1. The molecule has 3 rings (SSSR count). The van der Waals surface area contributed by atoms with Gasteiger partial charge in [0.25, 0.3) is 5.91 Å². The maximum absolute atomic E-state index is 12.5. The summed E-state index contributed by atoms with van der Waals surface area (Å²) < 4.78 is 8.98. The molecule has 1 N–H and O–H groups in total. The lowest BCUT2D eigenvalue weighted by Crippen LogP contribution is -2.15. The van der Waals surface area contributed by atoms with Crippen molar-refractivity contribution in [2.45, 2.75) is 13.5 Å². The highest BCUT2D eigenvalue weighted by atomic mass is 16.5. The smallest absolute Gasteiger partial charge is 0.272 e. The van der Waals surface area contributed by atoms with Crippen molar-refractivity contribution in [3.8, 4) is 5.75 Å². The normalized spacial score (nSPS) is 10.9. The first-order chi connectivity index (χ1) is 10.6. The summed E-state index contributed by atoms with van der Waals surface area (Å²) >= 11 is 0. The number of carbonyl (C=O) groups is 1. The van der Waals surface area contributed by atoms with E-state index in [1.807, 2.05) is 42.8 Å². The van der Waals surface area contributed by atoms with Crippen LogP contribution >= 0.6 is 0 Å². The molecule has 0 radical (unpaired) electrons. The Morgan fingerprint density at radius 2 is 2.23 bits per heavy atom. The largest absolute Gasteiger partial charge is 0.496 e. The van der Waals surface area contributed by atoms with Crippen LogP contribution in [0, 0.1) is 0 Å². The monoisotopic (exact) mass is 298 g/mol. The van der Waals surface area contributed by atoms with E-state index in [2.05, 4.69) is 10.4 Å². The zero-order valence-electron chi connectivity index (χ0n) is 12.8. The van der Waals surface area contributed by atoms with Gasteiger partial charge in [-0.05, 0) is 25.1 Å². The van der Waals surface area contributed by atoms with E-state index in [4.69, 9.17) is 4.74 Å². The van der Waals surface area contributed by atoms with Gasteiger partial charge in [0, 0.05) is 25.2 Å². The molecule has 0 bridgehead atoms. The van der Waals surface area contributed by atoms with Crippen LogP contribution in [0.4, 0.5) is 5.69 Å². The Balaban J connectivity index is 1.95. The fourth-order valence-electron chi connectivity index (χ4n) is 2.53. The minimum atomic E-state index is -0.170. The van der Waals surface area contributed by atoms with Gasteiger partial charge in [0.2, 0.25) is 0 Å². The van der Waals surface area contributed by atoms with Gasteiger partial charge in [-0.2, -0.15) is 5.10 Å². The maximum atomic E-state index is 12.5. The molecule has 1 aromatic carbocycles. The zero-order valence-corrected chi connectivity index (χ0v) is 12.8. The Morgan fingerprint density at radius 1 is 1.41 bits per heavy atom. The van der Waals surface area contributed by atoms with E-state index >= 15 is 0 Å². The number of hydrogen-bond donors (Lipinski definition) is 1. The minimum absolute atomic E-state index is 0.170. The van der Waals surface area contributed by atoms with E-state index in [-0.39, 0.29) is 5.91 Å². The topological polar surface area (TPSA) is 61.1 Å². The van der Waals surface area contributed by atoms with Crippen LogP contribution in [0.3, 0.4) is 0 Å². The van der Waals surface area contributed by atoms with Crippen LogP contribution in [0.25, 0.3) is 10.9 Å². The molecule has 6 heteroatoms. The van der Waals surface area contributed by atoms with E-state index in [1.165, 1.54) is 0 Å². The van der Waals surface area contributed by atoms with Gasteiger partial charge in [-0.25, -0.2) is 0 Å². The van der Waals surface area contributed by atoms with Crippen LogP contribution in [-0.4, -0.2) is 27.4 Å². The van der Waals surface area contributed by atoms with E-state index in [0.717, 1.165) is 23.2 Å². The van der Waals surface area contributed by atoms with Crippen LogP contribution in [-0.2, 0) is 13.6 Å². The number of hydrogen-bond acceptors (Lipinski definition) is 3. The number of nitrogens with one attached hydrogen (secondary N) is 1. The summed E-state index contributed by atoms with van der Waals surface area (Å²) in [5, 5.41) is 7.94. The molecule has 0 saturated heterocycles. The summed E-state index contributed by atoms with van der Waals surface area (Å²) in [7, 11) is 3.49. The van der Waals surface area contributed by atoms with Gasteiger partial charge in [0.15, 0.2) is 0 Å². The van der Waals surface area contributed by atoms with Crippen LogP contribution in [0.2, 0.25) is 0 Å². The van der Waals surface area contributed by atoms with Gasteiger partial charge >= 0.3 is 0 Å². The van der Waals surface area contributed by atoms with Crippen molar-refractivity contribution >= 4 is 22.5 Å². The molecule has 2 aromatic heterocycles. The van der Waals surface area contributed by atoms with Gasteiger partial charge < -0.3 is 14.6 Å². The average molecular weight is 298 g/mol. The highest BCUT2D eigenvalue weighted by Gasteiger charge is 2.16. The molecular formula is C16H18N4O2. The van der Waals surface area contributed by atoms with Crippen LogP contribution in [0.15, 0.2) is 36.7 Å². The summed E-state index contributed by atoms with van der Waals surface area (Å²) in [6.45, 7) is 2.76. The third-order valence-corrected chi connectivity index (χ3v) is 3.71. The molecule has 6 nitrogen and oxygen atoms in total. The summed E-state index contributed by atoms with van der Waals surface area (Å²) in [4.78, 5) is 12.5. The molecule has 0 aliphatic carbocycles. The van der Waals surface area contributed by atoms with Crippen LogP contribution in [0.5, 0.6) is 5.75 Å². The number of ether oxygens (including phenoxy) is 1. The van der Waals surface area contributed by atoms with E-state index in [0.29, 0.717) is 11.4 Å². The first-order valence-electron chi connectivity index (χ1n) is 7.10. The standard InChI is InChI=1S/C16H18N4O2/c1-4-20-10-11(9-17-20)18-16(21)14-8-12-13(19(14)2)6-5-7-15(12)22-3/h5-10H,4H2,1-3H3,(H,18,21). The second-order valence-corrected chi connectivity index (χ2v) is 5.02. The number of amides is 1.